The zero-order valence-electron chi connectivity index (χ0n) is 17.2. The van der Waals surface area contributed by atoms with Crippen molar-refractivity contribution < 1.29 is 34.0 Å². The van der Waals surface area contributed by atoms with Crippen LogP contribution in [0.2, 0.25) is 0 Å². The molecule has 2 N–H and O–H groups in total. The lowest BCUT2D eigenvalue weighted by Crippen LogP contribution is -2.42. The zero-order chi connectivity index (χ0) is 22.0. The first-order valence-electron chi connectivity index (χ1n) is 10.1. The van der Waals surface area contributed by atoms with Crippen molar-refractivity contribution in [3.63, 3.8) is 0 Å². The van der Waals surface area contributed by atoms with Crippen molar-refractivity contribution >= 4 is 11.8 Å². The minimum absolute atomic E-state index is 0.194. The predicted molar refractivity (Wildman–Crippen MR) is 109 cm³/mol. The molecule has 0 bridgehead atoms. The van der Waals surface area contributed by atoms with Gasteiger partial charge in [-0.25, -0.2) is 0 Å². The minimum atomic E-state index is -0.640. The molecule has 2 saturated heterocycles. The number of aromatic hydroxyl groups is 2. The third-order valence-corrected chi connectivity index (χ3v) is 5.45. The van der Waals surface area contributed by atoms with E-state index in [1.54, 1.807) is 24.3 Å². The van der Waals surface area contributed by atoms with Gasteiger partial charge in [-0.3, -0.25) is 14.2 Å². The monoisotopic (exact) mass is 431 g/mol. The maximum Gasteiger partial charge on any atom is 0.275 e. The number of carbonyl (C=O) groups excluding carboxylic acids is 2. The van der Waals surface area contributed by atoms with Gasteiger partial charge in [0, 0.05) is 26.2 Å². The Morgan fingerprint density at radius 3 is 1.74 bits per heavy atom. The van der Waals surface area contributed by atoms with E-state index >= 15 is 0 Å². The molecule has 0 spiro atoms. The van der Waals surface area contributed by atoms with Crippen LogP contribution in [0.15, 0.2) is 24.3 Å². The molecule has 0 aliphatic carbocycles. The lowest BCUT2D eigenvalue weighted by molar-refractivity contribution is 0.0288. The van der Waals surface area contributed by atoms with Crippen molar-refractivity contribution in [2.45, 2.75) is 0 Å². The molecule has 0 saturated carbocycles. The van der Waals surface area contributed by atoms with Gasteiger partial charge in [-0.15, -0.1) is 0 Å². The summed E-state index contributed by atoms with van der Waals surface area (Å²) >= 11 is 0. The summed E-state index contributed by atoms with van der Waals surface area (Å²) in [5, 5.41) is 21.6. The summed E-state index contributed by atoms with van der Waals surface area (Å²) in [6, 6.07) is 6.80. The highest BCUT2D eigenvalue weighted by atomic mass is 16.5. The largest absolute Gasteiger partial charge is 0.503 e. The third kappa shape index (κ3) is 3.79. The highest BCUT2D eigenvalue weighted by Gasteiger charge is 2.36. The van der Waals surface area contributed by atoms with Gasteiger partial charge in [-0.05, 0) is 12.1 Å². The van der Waals surface area contributed by atoms with Crippen LogP contribution in [0.3, 0.4) is 0 Å². The second-order valence-corrected chi connectivity index (χ2v) is 7.21. The van der Waals surface area contributed by atoms with Gasteiger partial charge in [-0.2, -0.15) is 0 Å². The highest BCUT2D eigenvalue weighted by molar-refractivity contribution is 6.04. The summed E-state index contributed by atoms with van der Waals surface area (Å²) < 4.78 is 17.3. The quantitative estimate of drug-likeness (QED) is 0.738. The van der Waals surface area contributed by atoms with E-state index in [1.165, 1.54) is 21.5 Å². The maximum absolute atomic E-state index is 13.4. The Labute approximate surface area is 179 Å². The smallest absolute Gasteiger partial charge is 0.275 e. The van der Waals surface area contributed by atoms with E-state index in [2.05, 4.69) is 0 Å². The van der Waals surface area contributed by atoms with Crippen LogP contribution in [0, 0.1) is 0 Å². The van der Waals surface area contributed by atoms with Crippen LogP contribution in [-0.4, -0.2) is 96.1 Å². The van der Waals surface area contributed by atoms with E-state index in [-0.39, 0.29) is 11.4 Å². The minimum Gasteiger partial charge on any atom is -0.503 e. The van der Waals surface area contributed by atoms with Crippen LogP contribution in [0.4, 0.5) is 0 Å². The number of hydrogen-bond donors (Lipinski definition) is 2. The van der Waals surface area contributed by atoms with Crippen LogP contribution in [0.5, 0.6) is 17.2 Å². The summed E-state index contributed by atoms with van der Waals surface area (Å²) in [6.07, 6.45) is 0. The lowest BCUT2D eigenvalue weighted by Gasteiger charge is -2.29. The fourth-order valence-electron chi connectivity index (χ4n) is 3.83. The molecule has 2 aromatic rings. The molecule has 10 nitrogen and oxygen atoms in total. The molecule has 0 atom stereocenters. The number of benzene rings is 1. The van der Waals surface area contributed by atoms with Gasteiger partial charge >= 0.3 is 0 Å². The van der Waals surface area contributed by atoms with Gasteiger partial charge < -0.3 is 34.2 Å². The number of aromatic nitrogens is 1. The lowest BCUT2D eigenvalue weighted by atomic mass is 10.2. The number of ether oxygens (including phenoxy) is 3. The van der Waals surface area contributed by atoms with Crippen LogP contribution in [0.1, 0.15) is 21.0 Å². The fourth-order valence-corrected chi connectivity index (χ4v) is 3.83. The highest BCUT2D eigenvalue weighted by Crippen LogP contribution is 2.41. The molecule has 0 unspecified atom stereocenters. The SMILES string of the molecule is COc1ccccc1-n1c(C(=O)N2CCOCC2)c(O)c(O)c1C(=O)N1CCOCC1. The second-order valence-electron chi connectivity index (χ2n) is 7.21. The van der Waals surface area contributed by atoms with E-state index in [0.717, 1.165) is 0 Å². The molecule has 0 radical (unpaired) electrons. The molecule has 2 aliphatic rings. The number of amides is 2. The van der Waals surface area contributed by atoms with Crippen LogP contribution in [-0.2, 0) is 9.47 Å². The van der Waals surface area contributed by atoms with Gasteiger partial charge in [0.1, 0.15) is 5.75 Å². The number of morpholine rings is 2. The summed E-state index contributed by atoms with van der Waals surface area (Å²) in [5.41, 5.74) is -0.0326. The van der Waals surface area contributed by atoms with Crippen molar-refractivity contribution in [3.05, 3.63) is 35.7 Å². The molecule has 2 amide bonds. The number of carbonyl (C=O) groups is 2. The second kappa shape index (κ2) is 8.86. The molecule has 3 heterocycles. The maximum atomic E-state index is 13.4. The number of methoxy groups -OCH3 is 1. The van der Waals surface area contributed by atoms with Crippen molar-refractivity contribution in [1.82, 2.24) is 14.4 Å². The van der Waals surface area contributed by atoms with Gasteiger partial charge in [-0.1, -0.05) is 12.1 Å². The van der Waals surface area contributed by atoms with Crippen molar-refractivity contribution in [3.8, 4) is 22.9 Å². The average molecular weight is 431 g/mol. The molecule has 1 aromatic carbocycles. The average Bonchev–Trinajstić information content (AvgIpc) is 3.09. The molecule has 4 rings (SSSR count). The zero-order valence-corrected chi connectivity index (χ0v) is 17.2. The molecule has 2 fully saturated rings. The topological polar surface area (TPSA) is 114 Å². The molecular formula is C21H25N3O7. The van der Waals surface area contributed by atoms with Crippen LogP contribution >= 0.6 is 0 Å². The van der Waals surface area contributed by atoms with E-state index in [9.17, 15) is 19.8 Å². The summed E-state index contributed by atoms with van der Waals surface area (Å²) in [6.45, 7) is 2.82. The Balaban J connectivity index is 1.90. The Morgan fingerprint density at radius 2 is 1.29 bits per heavy atom. The number of hydrogen-bond acceptors (Lipinski definition) is 7. The Morgan fingerprint density at radius 1 is 0.839 bits per heavy atom. The molecule has 166 valence electrons. The predicted octanol–water partition coefficient (Wildman–Crippen LogP) is 0.842. The van der Waals surface area contributed by atoms with E-state index in [0.29, 0.717) is 64.0 Å². The summed E-state index contributed by atoms with van der Waals surface area (Å²) in [5.74, 6) is -1.92. The first-order chi connectivity index (χ1) is 15.0. The molecule has 1 aromatic heterocycles. The van der Waals surface area contributed by atoms with Gasteiger partial charge in [0.2, 0.25) is 0 Å². The summed E-state index contributed by atoms with van der Waals surface area (Å²) in [7, 11) is 1.47. The first-order valence-corrected chi connectivity index (χ1v) is 10.1. The van der Waals surface area contributed by atoms with E-state index in [4.69, 9.17) is 14.2 Å². The van der Waals surface area contributed by atoms with Gasteiger partial charge in [0.25, 0.3) is 11.8 Å². The normalized spacial score (nSPS) is 16.9. The first kappa shape index (κ1) is 21.0. The van der Waals surface area contributed by atoms with Gasteiger partial charge in [0.05, 0.1) is 39.2 Å². The number of rotatable bonds is 4. The molecule has 31 heavy (non-hydrogen) atoms. The van der Waals surface area contributed by atoms with E-state index in [1.807, 2.05) is 0 Å². The summed E-state index contributed by atoms with van der Waals surface area (Å²) in [4.78, 5) is 29.8. The van der Waals surface area contributed by atoms with Crippen LogP contribution < -0.4 is 4.74 Å². The molecule has 2 aliphatic heterocycles. The third-order valence-electron chi connectivity index (χ3n) is 5.45. The standard InChI is InChI=1S/C21H25N3O7/c1-29-15-5-3-2-4-14(15)24-16(20(27)22-6-10-30-11-7-22)18(25)19(26)17(24)21(28)23-8-12-31-13-9-23/h2-5,25-26H,6-13H2,1H3. The van der Waals surface area contributed by atoms with Crippen molar-refractivity contribution in [1.29, 1.82) is 0 Å². The molecule has 10 heteroatoms. The number of para-hydroxylation sites is 2. The van der Waals surface area contributed by atoms with Crippen LogP contribution in [0.25, 0.3) is 5.69 Å². The van der Waals surface area contributed by atoms with Gasteiger partial charge in [0.15, 0.2) is 22.9 Å². The van der Waals surface area contributed by atoms with Crippen molar-refractivity contribution in [2.75, 3.05) is 59.7 Å². The molecular weight excluding hydrogens is 406 g/mol. The Kier molecular flexibility index (Phi) is 6.01. The van der Waals surface area contributed by atoms with E-state index < -0.39 is 23.3 Å². The fraction of sp³-hybridized carbons (Fsp3) is 0.429. The Bertz CT molecular complexity index is 922. The Hall–Kier alpha value is -3.24. The van der Waals surface area contributed by atoms with Crippen molar-refractivity contribution in [2.24, 2.45) is 0 Å². The number of nitrogens with zero attached hydrogens (tertiary/aromatic N) is 3.